The Bertz CT molecular complexity index is 321. The van der Waals surface area contributed by atoms with Crippen LogP contribution in [0.2, 0.25) is 0 Å². The molecule has 0 spiro atoms. The maximum Gasteiger partial charge on any atom is 0.406 e. The van der Waals surface area contributed by atoms with Gasteiger partial charge in [-0.25, -0.2) is 9.59 Å². The van der Waals surface area contributed by atoms with Gasteiger partial charge >= 0.3 is 18.2 Å². The Morgan fingerprint density at radius 3 is 2.21 bits per heavy atom. The molecule has 4 N–H and O–H groups in total. The number of carboxylic acid groups (broad SMARTS) is 1. The molecule has 0 heterocycles. The van der Waals surface area contributed by atoms with Crippen LogP contribution in [0, 0.1) is 0 Å². The van der Waals surface area contributed by atoms with Crippen molar-refractivity contribution in [3.8, 4) is 0 Å². The number of alkyl halides is 3. The lowest BCUT2D eigenvalue weighted by molar-refractivity contribution is -0.143. The van der Waals surface area contributed by atoms with Gasteiger partial charge in [0.2, 0.25) is 0 Å². The molecule has 0 aromatic carbocycles. The summed E-state index contributed by atoms with van der Waals surface area (Å²) in [7, 11) is 0. The highest BCUT2D eigenvalue weighted by molar-refractivity contribution is 5.83. The first-order valence-electron chi connectivity index (χ1n) is 5.22. The minimum absolute atomic E-state index is 0.207. The summed E-state index contributed by atoms with van der Waals surface area (Å²) in [5, 5.41) is 28.1. The molecule has 0 rings (SSSR count). The lowest BCUT2D eigenvalue weighted by Gasteiger charge is -2.26. The summed E-state index contributed by atoms with van der Waals surface area (Å²) in [5.74, 6) is -1.58. The number of hydrogen-bond acceptors (Lipinski definition) is 4. The summed E-state index contributed by atoms with van der Waals surface area (Å²) < 4.78 is 36.5. The fourth-order valence-electron chi connectivity index (χ4n) is 1.20. The van der Waals surface area contributed by atoms with Crippen LogP contribution in [0.3, 0.4) is 0 Å². The normalized spacial score (nSPS) is 14.6. The molecule has 2 atom stereocenters. The van der Waals surface area contributed by atoms with E-state index >= 15 is 0 Å². The molecule has 0 aromatic rings. The van der Waals surface area contributed by atoms with Gasteiger partial charge in [-0.05, 0) is 6.92 Å². The number of aliphatic carboxylic acids is 1. The molecule has 7 nitrogen and oxygen atoms in total. The van der Waals surface area contributed by atoms with Crippen molar-refractivity contribution in [3.63, 3.8) is 0 Å². The van der Waals surface area contributed by atoms with Gasteiger partial charge in [-0.15, -0.1) is 0 Å². The third-order valence-electron chi connectivity index (χ3n) is 2.05. The fourth-order valence-corrected chi connectivity index (χ4v) is 1.20. The minimum atomic E-state index is -4.68. The average molecular weight is 288 g/mol. The molecule has 0 saturated carbocycles. The van der Waals surface area contributed by atoms with Gasteiger partial charge in [0.25, 0.3) is 0 Å². The van der Waals surface area contributed by atoms with E-state index in [1.807, 2.05) is 0 Å². The number of carbonyl (C=O) groups is 2. The van der Waals surface area contributed by atoms with Crippen LogP contribution in [0.4, 0.5) is 18.0 Å². The Hall–Kier alpha value is -1.55. The summed E-state index contributed by atoms with van der Waals surface area (Å²) in [6.45, 7) is -1.89. The van der Waals surface area contributed by atoms with E-state index in [1.165, 1.54) is 0 Å². The highest BCUT2D eigenvalue weighted by atomic mass is 19.4. The number of urea groups is 1. The van der Waals surface area contributed by atoms with E-state index in [4.69, 9.17) is 15.3 Å². The Morgan fingerprint density at radius 2 is 1.89 bits per heavy atom. The molecule has 0 fully saturated rings. The Labute approximate surface area is 106 Å². The zero-order valence-corrected chi connectivity index (χ0v) is 10.0. The van der Waals surface area contributed by atoms with Gasteiger partial charge in [0.15, 0.2) is 6.04 Å². The van der Waals surface area contributed by atoms with Crippen LogP contribution in [0.15, 0.2) is 0 Å². The Kier molecular flexibility index (Phi) is 6.56. The molecule has 0 radical (unpaired) electrons. The molecular formula is C9H15F3N2O5. The number of carbonyl (C=O) groups excluding carboxylic acids is 1. The quantitative estimate of drug-likeness (QED) is 0.521. The zero-order chi connectivity index (χ0) is 15.2. The van der Waals surface area contributed by atoms with Crippen molar-refractivity contribution in [1.82, 2.24) is 10.2 Å². The van der Waals surface area contributed by atoms with E-state index in [9.17, 15) is 22.8 Å². The zero-order valence-electron chi connectivity index (χ0n) is 10.0. The second-order valence-corrected chi connectivity index (χ2v) is 3.77. The maximum atomic E-state index is 12.2. The predicted molar refractivity (Wildman–Crippen MR) is 56.4 cm³/mol. The molecule has 0 aliphatic carbocycles. The van der Waals surface area contributed by atoms with Crippen LogP contribution in [0.25, 0.3) is 0 Å². The van der Waals surface area contributed by atoms with Gasteiger partial charge in [-0.3, -0.25) is 0 Å². The van der Waals surface area contributed by atoms with Crippen molar-refractivity contribution in [1.29, 1.82) is 0 Å². The summed E-state index contributed by atoms with van der Waals surface area (Å²) in [4.78, 5) is 22.3. The number of nitrogens with one attached hydrogen (secondary N) is 1. The van der Waals surface area contributed by atoms with Crippen molar-refractivity contribution in [2.24, 2.45) is 0 Å². The van der Waals surface area contributed by atoms with Gasteiger partial charge in [0.05, 0.1) is 12.7 Å². The Morgan fingerprint density at radius 1 is 1.37 bits per heavy atom. The second kappa shape index (κ2) is 7.14. The number of aliphatic hydroxyl groups excluding tert-OH is 2. The van der Waals surface area contributed by atoms with E-state index in [-0.39, 0.29) is 4.90 Å². The predicted octanol–water partition coefficient (Wildman–Crippen LogP) is -0.613. The third kappa shape index (κ3) is 6.82. The number of halogens is 3. The van der Waals surface area contributed by atoms with E-state index in [0.717, 1.165) is 6.92 Å². The van der Waals surface area contributed by atoms with E-state index in [2.05, 4.69) is 0 Å². The number of hydrogen-bond donors (Lipinski definition) is 4. The number of nitrogens with zero attached hydrogens (tertiary/aromatic N) is 1. The van der Waals surface area contributed by atoms with Crippen LogP contribution in [0.5, 0.6) is 0 Å². The molecule has 10 heteroatoms. The van der Waals surface area contributed by atoms with E-state index in [0.29, 0.717) is 0 Å². The van der Waals surface area contributed by atoms with Crippen molar-refractivity contribution in [2.75, 3.05) is 19.7 Å². The first kappa shape index (κ1) is 17.4. The molecule has 0 aliphatic heterocycles. The topological polar surface area (TPSA) is 110 Å². The van der Waals surface area contributed by atoms with Crippen LogP contribution < -0.4 is 5.32 Å². The minimum Gasteiger partial charge on any atom is -0.480 e. The van der Waals surface area contributed by atoms with Crippen molar-refractivity contribution >= 4 is 12.0 Å². The van der Waals surface area contributed by atoms with E-state index in [1.54, 1.807) is 5.32 Å². The molecule has 0 saturated heterocycles. The molecule has 0 unspecified atom stereocenters. The maximum absolute atomic E-state index is 12.2. The number of amides is 2. The largest absolute Gasteiger partial charge is 0.480 e. The molecule has 0 aliphatic rings. The summed E-state index contributed by atoms with van der Waals surface area (Å²) >= 11 is 0. The van der Waals surface area contributed by atoms with Crippen LogP contribution in [-0.4, -0.2) is 70.2 Å². The van der Waals surface area contributed by atoms with Gasteiger partial charge in [0.1, 0.15) is 6.54 Å². The molecule has 19 heavy (non-hydrogen) atoms. The SMILES string of the molecule is C[C@@H](O)[C@H](NC(=O)N(CCO)CC(F)(F)F)C(=O)O. The lowest BCUT2D eigenvalue weighted by Crippen LogP contribution is -2.54. The van der Waals surface area contributed by atoms with Crippen molar-refractivity contribution in [3.05, 3.63) is 0 Å². The third-order valence-corrected chi connectivity index (χ3v) is 2.05. The second-order valence-electron chi connectivity index (χ2n) is 3.77. The lowest BCUT2D eigenvalue weighted by atomic mass is 10.2. The van der Waals surface area contributed by atoms with Gasteiger partial charge in [0, 0.05) is 6.54 Å². The monoisotopic (exact) mass is 288 g/mol. The van der Waals surface area contributed by atoms with Crippen LogP contribution >= 0.6 is 0 Å². The molecule has 0 aromatic heterocycles. The Balaban J connectivity index is 4.76. The van der Waals surface area contributed by atoms with Gasteiger partial charge in [-0.1, -0.05) is 0 Å². The number of carboxylic acids is 1. The molecular weight excluding hydrogens is 273 g/mol. The van der Waals surface area contributed by atoms with Gasteiger partial charge < -0.3 is 25.5 Å². The standard InChI is InChI=1S/C9H15F3N2O5/c1-5(16)6(7(17)18)13-8(19)14(2-3-15)4-9(10,11)12/h5-6,15-16H,2-4H2,1H3,(H,13,19)(H,17,18)/t5-,6+/m1/s1. The molecule has 112 valence electrons. The summed E-state index contributed by atoms with van der Waals surface area (Å²) in [6.07, 6.45) is -6.17. The highest BCUT2D eigenvalue weighted by Gasteiger charge is 2.34. The molecule has 2 amide bonds. The number of rotatable bonds is 6. The van der Waals surface area contributed by atoms with Crippen molar-refractivity contribution in [2.45, 2.75) is 25.2 Å². The average Bonchev–Trinajstić information content (AvgIpc) is 2.22. The molecule has 0 bridgehead atoms. The summed E-state index contributed by atoms with van der Waals surface area (Å²) in [5.41, 5.74) is 0. The highest BCUT2D eigenvalue weighted by Crippen LogP contribution is 2.16. The van der Waals surface area contributed by atoms with Crippen LogP contribution in [0.1, 0.15) is 6.92 Å². The van der Waals surface area contributed by atoms with Crippen LogP contribution in [-0.2, 0) is 4.79 Å². The fraction of sp³-hybridized carbons (Fsp3) is 0.778. The van der Waals surface area contributed by atoms with E-state index < -0.39 is 50.0 Å². The first-order chi connectivity index (χ1) is 8.58. The number of aliphatic hydroxyl groups is 2. The van der Waals surface area contributed by atoms with Gasteiger partial charge in [-0.2, -0.15) is 13.2 Å². The smallest absolute Gasteiger partial charge is 0.406 e. The van der Waals surface area contributed by atoms with Crippen molar-refractivity contribution < 1.29 is 38.1 Å². The first-order valence-corrected chi connectivity index (χ1v) is 5.22. The summed E-state index contributed by atoms with van der Waals surface area (Å²) in [6, 6.07) is -3.07.